The average Bonchev–Trinajstić information content (AvgIpc) is 2.97. The van der Waals surface area contributed by atoms with Crippen LogP contribution in [0, 0.1) is 6.92 Å². The third kappa shape index (κ3) is 3.82. The molecule has 3 unspecified atom stereocenters. The van der Waals surface area contributed by atoms with Crippen LogP contribution in [-0.2, 0) is 24.6 Å². The molecule has 0 saturated carbocycles. The zero-order valence-electron chi connectivity index (χ0n) is 17.1. The number of esters is 1. The fourth-order valence-electron chi connectivity index (χ4n) is 3.21. The van der Waals surface area contributed by atoms with E-state index in [-0.39, 0.29) is 17.6 Å². The Morgan fingerprint density at radius 1 is 1.33 bits per heavy atom. The van der Waals surface area contributed by atoms with Crippen LogP contribution < -0.4 is 0 Å². The fraction of sp³-hybridized carbons (Fsp3) is 0.571. The molecule has 1 aliphatic heterocycles. The molecule has 1 saturated heterocycles. The molecule has 0 amide bonds. The van der Waals surface area contributed by atoms with Crippen molar-refractivity contribution in [1.29, 1.82) is 0 Å². The minimum absolute atomic E-state index is 0.207. The number of benzene rings is 1. The maximum Gasteiger partial charge on any atom is 0.333 e. The minimum Gasteiger partial charge on any atom is -0.504 e. The first-order chi connectivity index (χ1) is 12.5. The summed E-state index contributed by atoms with van der Waals surface area (Å²) in [5.74, 6) is -0.914. The fourth-order valence-corrected chi connectivity index (χ4v) is 3.21. The van der Waals surface area contributed by atoms with Crippen LogP contribution in [0.2, 0.25) is 0 Å². The number of hydrogen-bond acceptors (Lipinski definition) is 6. The van der Waals surface area contributed by atoms with E-state index in [1.807, 2.05) is 13.8 Å². The third-order valence-corrected chi connectivity index (χ3v) is 5.62. The number of rotatable bonds is 5. The van der Waals surface area contributed by atoms with Gasteiger partial charge in [-0.1, -0.05) is 18.2 Å². The molecule has 2 rings (SSSR count). The standard InChI is InChI=1S/C21H30O6/c1-8-12(2)19(24)26-16-11-15(20(4,5)25-7)27-21(16,6)14-10-9-13(3)17(22)18(14)23/h8-10,15-16,22-23H,11H2,1-7H3. The first kappa shape index (κ1) is 21.3. The number of ether oxygens (including phenoxy) is 3. The Balaban J connectivity index is 2.51. The molecule has 0 bridgehead atoms. The monoisotopic (exact) mass is 378 g/mol. The first-order valence-electron chi connectivity index (χ1n) is 9.06. The van der Waals surface area contributed by atoms with E-state index in [9.17, 15) is 15.0 Å². The number of phenols is 2. The molecule has 150 valence electrons. The van der Waals surface area contributed by atoms with Gasteiger partial charge in [0, 0.05) is 24.7 Å². The van der Waals surface area contributed by atoms with Crippen LogP contribution in [0.25, 0.3) is 0 Å². The van der Waals surface area contributed by atoms with Crippen molar-refractivity contribution in [3.05, 3.63) is 34.9 Å². The summed E-state index contributed by atoms with van der Waals surface area (Å²) in [4.78, 5) is 12.4. The number of aromatic hydroxyl groups is 2. The molecule has 0 aliphatic carbocycles. The van der Waals surface area contributed by atoms with E-state index < -0.39 is 23.3 Å². The minimum atomic E-state index is -1.14. The number of aryl methyl sites for hydroxylation is 1. The van der Waals surface area contributed by atoms with Crippen molar-refractivity contribution in [2.75, 3.05) is 7.11 Å². The topological polar surface area (TPSA) is 85.2 Å². The predicted molar refractivity (Wildman–Crippen MR) is 102 cm³/mol. The number of phenolic OH excluding ortho intramolecular Hbond substituents is 2. The second-order valence-electron chi connectivity index (χ2n) is 7.75. The lowest BCUT2D eigenvalue weighted by molar-refractivity contribution is -0.163. The van der Waals surface area contributed by atoms with Crippen molar-refractivity contribution in [3.8, 4) is 11.5 Å². The number of hydrogen-bond donors (Lipinski definition) is 2. The molecular weight excluding hydrogens is 348 g/mol. The molecule has 0 spiro atoms. The van der Waals surface area contributed by atoms with Gasteiger partial charge in [0.05, 0.1) is 11.7 Å². The molecule has 1 aliphatic rings. The molecule has 1 fully saturated rings. The van der Waals surface area contributed by atoms with E-state index in [4.69, 9.17) is 14.2 Å². The summed E-state index contributed by atoms with van der Waals surface area (Å²) in [6.07, 6.45) is 1.04. The maximum atomic E-state index is 12.4. The predicted octanol–water partition coefficient (Wildman–Crippen LogP) is 3.71. The zero-order chi connectivity index (χ0) is 20.6. The number of allylic oxidation sites excluding steroid dienone is 1. The summed E-state index contributed by atoms with van der Waals surface area (Å²) >= 11 is 0. The van der Waals surface area contributed by atoms with Crippen LogP contribution >= 0.6 is 0 Å². The van der Waals surface area contributed by atoms with Crippen molar-refractivity contribution in [2.24, 2.45) is 0 Å². The highest BCUT2D eigenvalue weighted by Gasteiger charge is 2.54. The molecule has 6 heteroatoms. The summed E-state index contributed by atoms with van der Waals surface area (Å²) in [7, 11) is 1.60. The lowest BCUT2D eigenvalue weighted by Gasteiger charge is -2.34. The van der Waals surface area contributed by atoms with Gasteiger partial charge in [0.25, 0.3) is 0 Å². The number of methoxy groups -OCH3 is 1. The molecule has 1 heterocycles. The molecule has 1 aromatic rings. The van der Waals surface area contributed by atoms with Gasteiger partial charge in [-0.2, -0.15) is 0 Å². The Morgan fingerprint density at radius 3 is 2.52 bits per heavy atom. The van der Waals surface area contributed by atoms with Crippen molar-refractivity contribution in [3.63, 3.8) is 0 Å². The molecule has 1 aromatic carbocycles. The molecule has 6 nitrogen and oxygen atoms in total. The summed E-state index contributed by atoms with van der Waals surface area (Å²) in [5, 5.41) is 20.7. The lowest BCUT2D eigenvalue weighted by Crippen LogP contribution is -2.40. The molecule has 27 heavy (non-hydrogen) atoms. The summed E-state index contributed by atoms with van der Waals surface area (Å²) in [6, 6.07) is 3.39. The smallest absolute Gasteiger partial charge is 0.333 e. The second kappa shape index (κ2) is 7.52. The Morgan fingerprint density at radius 2 is 1.96 bits per heavy atom. The lowest BCUT2D eigenvalue weighted by atomic mass is 9.87. The number of carbonyl (C=O) groups is 1. The van der Waals surface area contributed by atoms with Crippen LogP contribution in [0.15, 0.2) is 23.8 Å². The normalized spacial score (nSPS) is 26.3. The van der Waals surface area contributed by atoms with E-state index in [1.165, 1.54) is 0 Å². The van der Waals surface area contributed by atoms with Gasteiger partial charge in [-0.25, -0.2) is 4.79 Å². The maximum absolute atomic E-state index is 12.4. The van der Waals surface area contributed by atoms with Gasteiger partial charge in [-0.15, -0.1) is 0 Å². The highest BCUT2D eigenvalue weighted by molar-refractivity contribution is 5.87. The largest absolute Gasteiger partial charge is 0.504 e. The van der Waals surface area contributed by atoms with Crippen LogP contribution in [0.1, 0.15) is 52.2 Å². The van der Waals surface area contributed by atoms with Crippen molar-refractivity contribution in [1.82, 2.24) is 0 Å². The van der Waals surface area contributed by atoms with E-state index in [2.05, 4.69) is 0 Å². The van der Waals surface area contributed by atoms with Crippen LogP contribution in [-0.4, -0.2) is 41.1 Å². The van der Waals surface area contributed by atoms with Gasteiger partial charge in [-0.3, -0.25) is 0 Å². The van der Waals surface area contributed by atoms with E-state index >= 15 is 0 Å². The highest BCUT2D eigenvalue weighted by atomic mass is 16.6. The van der Waals surface area contributed by atoms with Gasteiger partial charge in [-0.05, 0) is 47.1 Å². The summed E-state index contributed by atoms with van der Waals surface area (Å²) in [5.41, 5.74) is -0.358. The molecule has 2 N–H and O–H groups in total. The van der Waals surface area contributed by atoms with Crippen LogP contribution in [0.3, 0.4) is 0 Å². The summed E-state index contributed by atoms with van der Waals surface area (Å²) < 4.78 is 17.6. The Kier molecular flexibility index (Phi) is 5.92. The molecular formula is C21H30O6. The molecule has 0 aromatic heterocycles. The van der Waals surface area contributed by atoms with Gasteiger partial charge in [0.2, 0.25) is 0 Å². The Labute approximate surface area is 160 Å². The van der Waals surface area contributed by atoms with E-state index in [0.29, 0.717) is 23.1 Å². The Bertz CT molecular complexity index is 751. The average molecular weight is 378 g/mol. The van der Waals surface area contributed by atoms with Crippen molar-refractivity contribution in [2.45, 2.75) is 71.4 Å². The first-order valence-corrected chi connectivity index (χ1v) is 9.06. The molecule has 3 atom stereocenters. The highest BCUT2D eigenvalue weighted by Crippen LogP contribution is 2.49. The third-order valence-electron chi connectivity index (χ3n) is 5.62. The van der Waals surface area contributed by atoms with E-state index in [0.717, 1.165) is 0 Å². The van der Waals surface area contributed by atoms with Gasteiger partial charge in [0.1, 0.15) is 11.7 Å². The van der Waals surface area contributed by atoms with Gasteiger partial charge < -0.3 is 24.4 Å². The van der Waals surface area contributed by atoms with Gasteiger partial charge in [0.15, 0.2) is 11.5 Å². The Hall–Kier alpha value is -2.05. The molecule has 0 radical (unpaired) electrons. The zero-order valence-corrected chi connectivity index (χ0v) is 17.1. The SMILES string of the molecule is CC=C(C)C(=O)OC1CC(C(C)(C)OC)OC1(C)c1ccc(C)c(O)c1O. The van der Waals surface area contributed by atoms with Crippen LogP contribution in [0.4, 0.5) is 0 Å². The van der Waals surface area contributed by atoms with Crippen molar-refractivity contribution >= 4 is 5.97 Å². The van der Waals surface area contributed by atoms with E-state index in [1.54, 1.807) is 53.0 Å². The van der Waals surface area contributed by atoms with Crippen LogP contribution in [0.5, 0.6) is 11.5 Å². The quantitative estimate of drug-likeness (QED) is 0.461. The number of carbonyl (C=O) groups excluding carboxylic acids is 1. The second-order valence-corrected chi connectivity index (χ2v) is 7.75. The van der Waals surface area contributed by atoms with Crippen molar-refractivity contribution < 1.29 is 29.2 Å². The van der Waals surface area contributed by atoms with Gasteiger partial charge >= 0.3 is 5.97 Å². The summed E-state index contributed by atoms with van der Waals surface area (Å²) in [6.45, 7) is 10.7.